The molecule has 0 N–H and O–H groups in total. The molecule has 0 fully saturated rings. The lowest BCUT2D eigenvalue weighted by Crippen LogP contribution is -2.43. The fourth-order valence-electron chi connectivity index (χ4n) is 3.27. The Hall–Kier alpha value is -2.97. The average molecular weight is 459 g/mol. The molecule has 32 heavy (non-hydrogen) atoms. The molecule has 0 saturated carbocycles. The third-order valence-corrected chi connectivity index (χ3v) is 5.89. The predicted molar refractivity (Wildman–Crippen MR) is 121 cm³/mol. The highest BCUT2D eigenvalue weighted by Gasteiger charge is 2.24. The average Bonchev–Trinajstić information content (AvgIpc) is 3.45. The molecule has 2 heterocycles. The topological polar surface area (TPSA) is 63.0 Å². The van der Waals surface area contributed by atoms with E-state index in [1.807, 2.05) is 19.1 Å². The van der Waals surface area contributed by atoms with Crippen LogP contribution in [0, 0.1) is 12.7 Å². The van der Waals surface area contributed by atoms with Crippen molar-refractivity contribution in [3.63, 3.8) is 0 Å². The molecule has 0 saturated heterocycles. The minimum Gasteiger partial charge on any atom is -0.459 e. The highest BCUT2D eigenvalue weighted by molar-refractivity contribution is 7.11. The van der Waals surface area contributed by atoms with E-state index in [0.717, 1.165) is 15.3 Å². The molecule has 0 radical (unpaired) electrons. The zero-order chi connectivity index (χ0) is 22.9. The zero-order valence-electron chi connectivity index (χ0n) is 18.3. The number of carbonyl (C=O) groups is 2. The van der Waals surface area contributed by atoms with Gasteiger partial charge in [-0.3, -0.25) is 9.59 Å². The summed E-state index contributed by atoms with van der Waals surface area (Å²) in [6.07, 6.45) is 2.03. The number of benzene rings is 1. The summed E-state index contributed by atoms with van der Waals surface area (Å²) in [5.74, 6) is -0.672. The summed E-state index contributed by atoms with van der Waals surface area (Å²) in [5, 5.41) is 0. The van der Waals surface area contributed by atoms with E-state index in [4.69, 9.17) is 9.15 Å². The lowest BCUT2D eigenvalue weighted by Gasteiger charge is -2.27. The van der Waals surface area contributed by atoms with Crippen molar-refractivity contribution in [3.05, 3.63) is 81.7 Å². The summed E-state index contributed by atoms with van der Waals surface area (Å²) in [5.41, 5.74) is 0.816. The van der Waals surface area contributed by atoms with Crippen molar-refractivity contribution in [3.8, 4) is 0 Å². The molecule has 0 bridgehead atoms. The second-order valence-corrected chi connectivity index (χ2v) is 8.81. The Kier molecular flexibility index (Phi) is 8.58. The van der Waals surface area contributed by atoms with Gasteiger partial charge in [0, 0.05) is 36.6 Å². The van der Waals surface area contributed by atoms with Crippen LogP contribution < -0.4 is 0 Å². The van der Waals surface area contributed by atoms with Crippen LogP contribution in [-0.2, 0) is 22.6 Å². The Balaban J connectivity index is 1.77. The highest BCUT2D eigenvalue weighted by atomic mass is 32.1. The second-order valence-electron chi connectivity index (χ2n) is 7.44. The van der Waals surface area contributed by atoms with Gasteiger partial charge in [0.1, 0.15) is 12.4 Å². The molecule has 0 unspecified atom stereocenters. The SMILES string of the molecule is COCCCN(CC(=O)N(Cc1ccc(F)cc1)Cc1ccc(C)s1)C(=O)c1ccco1. The highest BCUT2D eigenvalue weighted by Crippen LogP contribution is 2.19. The molecule has 0 aliphatic heterocycles. The number of amides is 2. The molecule has 0 aliphatic carbocycles. The van der Waals surface area contributed by atoms with Crippen LogP contribution in [0.5, 0.6) is 0 Å². The fourth-order valence-corrected chi connectivity index (χ4v) is 4.18. The first-order chi connectivity index (χ1) is 15.5. The summed E-state index contributed by atoms with van der Waals surface area (Å²) in [6, 6.07) is 13.3. The van der Waals surface area contributed by atoms with Crippen LogP contribution in [0.3, 0.4) is 0 Å². The minimum absolute atomic E-state index is 0.0885. The number of thiophene rings is 1. The fraction of sp³-hybridized carbons (Fsp3) is 0.333. The van der Waals surface area contributed by atoms with Crippen LogP contribution in [0.15, 0.2) is 59.2 Å². The van der Waals surface area contributed by atoms with Gasteiger partial charge in [-0.15, -0.1) is 11.3 Å². The molecule has 0 atom stereocenters. The molecule has 2 amide bonds. The van der Waals surface area contributed by atoms with Gasteiger partial charge in [0.15, 0.2) is 5.76 Å². The number of aryl methyl sites for hydroxylation is 1. The van der Waals surface area contributed by atoms with Gasteiger partial charge >= 0.3 is 0 Å². The molecular formula is C24H27FN2O4S. The smallest absolute Gasteiger partial charge is 0.290 e. The zero-order valence-corrected chi connectivity index (χ0v) is 19.1. The Bertz CT molecular complexity index is 1000. The van der Waals surface area contributed by atoms with E-state index in [1.165, 1.54) is 23.3 Å². The summed E-state index contributed by atoms with van der Waals surface area (Å²) in [7, 11) is 1.59. The van der Waals surface area contributed by atoms with Crippen LogP contribution in [0.2, 0.25) is 0 Å². The standard InChI is InChI=1S/C24H27FN2O4S/c1-18-6-11-21(32-18)16-27(15-19-7-9-20(25)10-8-19)23(28)17-26(12-4-13-30-2)24(29)22-5-3-14-31-22/h3,5-11,14H,4,12-13,15-17H2,1-2H3. The maximum atomic E-state index is 13.3. The molecule has 6 nitrogen and oxygen atoms in total. The normalized spacial score (nSPS) is 10.8. The quantitative estimate of drug-likeness (QED) is 0.397. The third kappa shape index (κ3) is 6.77. The van der Waals surface area contributed by atoms with E-state index in [0.29, 0.717) is 32.7 Å². The number of ether oxygens (including phenoxy) is 1. The van der Waals surface area contributed by atoms with Gasteiger partial charge < -0.3 is 19.0 Å². The first kappa shape index (κ1) is 23.7. The molecule has 3 aromatic rings. The molecular weight excluding hydrogens is 431 g/mol. The monoisotopic (exact) mass is 458 g/mol. The molecule has 8 heteroatoms. The van der Waals surface area contributed by atoms with Crippen LogP contribution in [0.4, 0.5) is 4.39 Å². The predicted octanol–water partition coefficient (Wildman–Crippen LogP) is 4.50. The number of hydrogen-bond donors (Lipinski definition) is 0. The van der Waals surface area contributed by atoms with Gasteiger partial charge in [-0.25, -0.2) is 4.39 Å². The molecule has 1 aromatic carbocycles. The van der Waals surface area contributed by atoms with E-state index >= 15 is 0 Å². The van der Waals surface area contributed by atoms with Gasteiger partial charge in [-0.05, 0) is 55.3 Å². The third-order valence-electron chi connectivity index (χ3n) is 4.90. The number of rotatable bonds is 11. The van der Waals surface area contributed by atoms with E-state index in [-0.39, 0.29) is 29.9 Å². The van der Waals surface area contributed by atoms with Crippen LogP contribution >= 0.6 is 11.3 Å². The van der Waals surface area contributed by atoms with E-state index < -0.39 is 0 Å². The number of hydrogen-bond acceptors (Lipinski definition) is 5. The van der Waals surface area contributed by atoms with E-state index in [9.17, 15) is 14.0 Å². The lowest BCUT2D eigenvalue weighted by molar-refractivity contribution is -0.133. The number of halogens is 1. The van der Waals surface area contributed by atoms with Crippen LogP contribution in [0.25, 0.3) is 0 Å². The van der Waals surface area contributed by atoms with Crippen LogP contribution in [-0.4, -0.2) is 48.4 Å². The maximum absolute atomic E-state index is 13.3. The van der Waals surface area contributed by atoms with Gasteiger partial charge in [-0.1, -0.05) is 12.1 Å². The molecule has 3 rings (SSSR count). The molecule has 0 aliphatic rings. The van der Waals surface area contributed by atoms with Crippen molar-refractivity contribution in [2.75, 3.05) is 26.8 Å². The first-order valence-electron chi connectivity index (χ1n) is 10.4. The van der Waals surface area contributed by atoms with Crippen molar-refractivity contribution in [1.82, 2.24) is 9.80 Å². The van der Waals surface area contributed by atoms with Gasteiger partial charge in [0.05, 0.1) is 12.8 Å². The second kappa shape index (κ2) is 11.6. The minimum atomic E-state index is -0.340. The van der Waals surface area contributed by atoms with Crippen molar-refractivity contribution < 1.29 is 23.1 Å². The summed E-state index contributed by atoms with van der Waals surface area (Å²) in [4.78, 5) is 31.6. The van der Waals surface area contributed by atoms with E-state index in [1.54, 1.807) is 47.6 Å². The Morgan fingerprint density at radius 2 is 1.84 bits per heavy atom. The molecule has 2 aromatic heterocycles. The maximum Gasteiger partial charge on any atom is 0.290 e. The largest absolute Gasteiger partial charge is 0.459 e. The number of methoxy groups -OCH3 is 1. The molecule has 170 valence electrons. The Labute approximate surface area is 191 Å². The van der Waals surface area contributed by atoms with Gasteiger partial charge in [0.2, 0.25) is 5.91 Å². The Morgan fingerprint density at radius 1 is 1.06 bits per heavy atom. The Morgan fingerprint density at radius 3 is 2.47 bits per heavy atom. The number of furan rings is 1. The number of nitrogens with zero attached hydrogens (tertiary/aromatic N) is 2. The first-order valence-corrected chi connectivity index (χ1v) is 11.2. The van der Waals surface area contributed by atoms with Crippen molar-refractivity contribution in [2.24, 2.45) is 0 Å². The van der Waals surface area contributed by atoms with Gasteiger partial charge in [-0.2, -0.15) is 0 Å². The summed E-state index contributed by atoms with van der Waals surface area (Å²) in [6.45, 7) is 3.49. The van der Waals surface area contributed by atoms with Crippen molar-refractivity contribution in [2.45, 2.75) is 26.4 Å². The van der Waals surface area contributed by atoms with Crippen molar-refractivity contribution in [1.29, 1.82) is 0 Å². The molecule has 0 spiro atoms. The lowest BCUT2D eigenvalue weighted by atomic mass is 10.2. The summed E-state index contributed by atoms with van der Waals surface area (Å²) >= 11 is 1.62. The van der Waals surface area contributed by atoms with Crippen LogP contribution in [0.1, 0.15) is 32.3 Å². The summed E-state index contributed by atoms with van der Waals surface area (Å²) < 4.78 is 23.7. The van der Waals surface area contributed by atoms with E-state index in [2.05, 4.69) is 0 Å². The van der Waals surface area contributed by atoms with Crippen molar-refractivity contribution >= 4 is 23.2 Å². The number of carbonyl (C=O) groups excluding carboxylic acids is 2. The van der Waals surface area contributed by atoms with Gasteiger partial charge in [0.25, 0.3) is 5.91 Å².